The summed E-state index contributed by atoms with van der Waals surface area (Å²) in [5.74, 6) is 0.881. The summed E-state index contributed by atoms with van der Waals surface area (Å²) in [6, 6.07) is 39.2. The van der Waals surface area contributed by atoms with Gasteiger partial charge in [-0.2, -0.15) is 0 Å². The monoisotopic (exact) mass is 475 g/mol. The number of aryl methyl sites for hydroxylation is 3. The topological polar surface area (TPSA) is 12.5 Å². The Morgan fingerprint density at radius 3 is 1.86 bits per heavy atom. The van der Waals surface area contributed by atoms with Gasteiger partial charge in [-0.05, 0) is 66.9 Å². The van der Waals surface area contributed by atoms with Crippen molar-refractivity contribution in [1.82, 2.24) is 0 Å². The van der Waals surface area contributed by atoms with Crippen molar-refractivity contribution in [3.8, 4) is 5.75 Å². The normalized spacial score (nSPS) is 13.1. The van der Waals surface area contributed by atoms with Gasteiger partial charge in [0, 0.05) is 17.1 Å². The molecule has 0 radical (unpaired) electrons. The summed E-state index contributed by atoms with van der Waals surface area (Å²) in [7, 11) is 0. The molecule has 0 N–H and O–H groups in total. The summed E-state index contributed by atoms with van der Waals surface area (Å²) in [6.45, 7) is 6.68. The first-order chi connectivity index (χ1) is 18.1. The van der Waals surface area contributed by atoms with Crippen LogP contribution >= 0.6 is 0 Å². The molecule has 2 heterocycles. The van der Waals surface area contributed by atoms with Crippen molar-refractivity contribution in [3.63, 3.8) is 0 Å². The Morgan fingerprint density at radius 1 is 0.568 bits per heavy atom. The Balaban J connectivity index is 1.53. The summed E-state index contributed by atoms with van der Waals surface area (Å²) in [5.41, 5.74) is 14.2. The number of hydrogen-bond donors (Lipinski definition) is 0. The number of hydrogen-bond acceptors (Lipinski definition) is 2. The zero-order valence-electron chi connectivity index (χ0n) is 21.4. The van der Waals surface area contributed by atoms with Crippen LogP contribution in [0.4, 0.5) is 17.1 Å². The summed E-state index contributed by atoms with van der Waals surface area (Å²) >= 11 is 0. The molecule has 0 aliphatic carbocycles. The summed E-state index contributed by atoms with van der Waals surface area (Å²) in [5, 5.41) is 0. The van der Waals surface area contributed by atoms with Gasteiger partial charge in [-0.1, -0.05) is 107 Å². The first-order valence-corrected chi connectivity index (χ1v) is 13.0. The highest BCUT2D eigenvalue weighted by Crippen LogP contribution is 2.37. The fourth-order valence-electron chi connectivity index (χ4n) is 6.56. The second-order valence-corrected chi connectivity index (χ2v) is 10.3. The number of fused-ring (bicyclic) bond motifs is 4. The highest BCUT2D eigenvalue weighted by Gasteiger charge is 2.44. The molecular formula is C33H27B2NO. The fourth-order valence-corrected chi connectivity index (χ4v) is 6.56. The molecule has 0 unspecified atom stereocenters. The molecule has 7 rings (SSSR count). The summed E-state index contributed by atoms with van der Waals surface area (Å²) in [4.78, 5) is 2.47. The molecule has 2 aliphatic rings. The lowest BCUT2D eigenvalue weighted by atomic mass is 9.32. The van der Waals surface area contributed by atoms with Crippen LogP contribution in [0.15, 0.2) is 109 Å². The third kappa shape index (κ3) is 3.36. The van der Waals surface area contributed by atoms with Crippen molar-refractivity contribution < 1.29 is 4.65 Å². The molecule has 4 heteroatoms. The van der Waals surface area contributed by atoms with Gasteiger partial charge in [0.1, 0.15) is 0 Å². The predicted octanol–water partition coefficient (Wildman–Crippen LogP) is 4.41. The maximum atomic E-state index is 6.75. The molecule has 0 spiro atoms. The molecule has 2 aliphatic heterocycles. The van der Waals surface area contributed by atoms with Crippen LogP contribution < -0.4 is 36.9 Å². The molecule has 176 valence electrons. The van der Waals surface area contributed by atoms with Crippen molar-refractivity contribution in [2.24, 2.45) is 0 Å². The molecule has 0 fully saturated rings. The SMILES string of the molecule is Cc1cc(C)c(B2c3ccccc3N3c4ccccc4B(Oc4ccccc4)c4cccc2c43)c(C)c1. The van der Waals surface area contributed by atoms with Gasteiger partial charge in [-0.25, -0.2) is 0 Å². The fraction of sp³-hybridized carbons (Fsp3) is 0.0909. The molecule has 0 bridgehead atoms. The van der Waals surface area contributed by atoms with Crippen LogP contribution in [0.5, 0.6) is 5.75 Å². The van der Waals surface area contributed by atoms with Crippen LogP contribution in [0.1, 0.15) is 16.7 Å². The van der Waals surface area contributed by atoms with Crippen LogP contribution in [0.25, 0.3) is 0 Å². The van der Waals surface area contributed by atoms with E-state index in [4.69, 9.17) is 4.65 Å². The molecular weight excluding hydrogens is 448 g/mol. The van der Waals surface area contributed by atoms with Gasteiger partial charge >= 0.3 is 6.92 Å². The van der Waals surface area contributed by atoms with Gasteiger partial charge in [0.05, 0.1) is 5.75 Å². The van der Waals surface area contributed by atoms with Crippen LogP contribution in [-0.2, 0) is 0 Å². The van der Waals surface area contributed by atoms with Gasteiger partial charge in [0.2, 0.25) is 6.71 Å². The molecule has 0 amide bonds. The minimum absolute atomic E-state index is 0.158. The van der Waals surface area contributed by atoms with Gasteiger partial charge < -0.3 is 9.55 Å². The smallest absolute Gasteiger partial charge is 0.430 e. The van der Waals surface area contributed by atoms with E-state index in [2.05, 4.69) is 105 Å². The lowest BCUT2D eigenvalue weighted by Crippen LogP contribution is -2.64. The molecule has 5 aromatic carbocycles. The highest BCUT2D eigenvalue weighted by molar-refractivity contribution is 6.99. The van der Waals surface area contributed by atoms with E-state index in [0.29, 0.717) is 0 Å². The molecule has 0 saturated heterocycles. The summed E-state index contributed by atoms with van der Waals surface area (Å²) in [6.07, 6.45) is 0. The van der Waals surface area contributed by atoms with E-state index in [1.165, 1.54) is 61.1 Å². The number of nitrogens with zero attached hydrogens (tertiary/aromatic N) is 1. The van der Waals surface area contributed by atoms with Crippen molar-refractivity contribution in [2.75, 3.05) is 4.90 Å². The van der Waals surface area contributed by atoms with Crippen LogP contribution in [-0.4, -0.2) is 13.6 Å². The number of rotatable bonds is 3. The van der Waals surface area contributed by atoms with Crippen molar-refractivity contribution in [3.05, 3.63) is 126 Å². The number of benzene rings is 5. The number of para-hydroxylation sites is 4. The third-order valence-corrected chi connectivity index (χ3v) is 7.89. The Hall–Kier alpha value is -4.17. The van der Waals surface area contributed by atoms with E-state index in [9.17, 15) is 0 Å². The highest BCUT2D eigenvalue weighted by atomic mass is 16.4. The largest absolute Gasteiger partial charge is 0.551 e. The van der Waals surface area contributed by atoms with Gasteiger partial charge in [0.25, 0.3) is 0 Å². The first-order valence-electron chi connectivity index (χ1n) is 13.0. The molecule has 0 saturated carbocycles. The molecule has 2 nitrogen and oxygen atoms in total. The molecule has 0 atom stereocenters. The third-order valence-electron chi connectivity index (χ3n) is 7.89. The van der Waals surface area contributed by atoms with Crippen LogP contribution in [0, 0.1) is 20.8 Å². The lowest BCUT2D eigenvalue weighted by Gasteiger charge is -2.43. The van der Waals surface area contributed by atoms with Crippen molar-refractivity contribution in [2.45, 2.75) is 20.8 Å². The maximum Gasteiger partial charge on any atom is 0.430 e. The van der Waals surface area contributed by atoms with Crippen molar-refractivity contribution >= 4 is 58.0 Å². The Labute approximate surface area is 219 Å². The average Bonchev–Trinajstić information content (AvgIpc) is 2.91. The second-order valence-electron chi connectivity index (χ2n) is 10.3. The Morgan fingerprint density at radius 2 is 1.14 bits per heavy atom. The molecule has 0 aromatic heterocycles. The van der Waals surface area contributed by atoms with E-state index in [0.717, 1.165) is 5.75 Å². The first kappa shape index (κ1) is 22.1. The maximum absolute atomic E-state index is 6.75. The van der Waals surface area contributed by atoms with Crippen LogP contribution in [0.3, 0.4) is 0 Å². The standard InChI is InChI=1S/C33H27B2NO/c1-22-20-23(2)32(24(3)21-22)34-26-14-7-9-18-30(26)36-31-19-10-8-15-27(31)35(37-25-12-5-4-6-13-25)29-17-11-16-28(34)33(29)36/h4-21H,1-3H3. The van der Waals surface area contributed by atoms with Gasteiger partial charge in [-0.3, -0.25) is 0 Å². The average molecular weight is 475 g/mol. The van der Waals surface area contributed by atoms with Gasteiger partial charge in [-0.15, -0.1) is 0 Å². The molecule has 5 aromatic rings. The van der Waals surface area contributed by atoms with E-state index in [1.807, 2.05) is 30.3 Å². The predicted molar refractivity (Wildman–Crippen MR) is 159 cm³/mol. The van der Waals surface area contributed by atoms with E-state index < -0.39 is 0 Å². The zero-order valence-corrected chi connectivity index (χ0v) is 21.4. The minimum Gasteiger partial charge on any atom is -0.551 e. The molecule has 37 heavy (non-hydrogen) atoms. The second kappa shape index (κ2) is 8.45. The summed E-state index contributed by atoms with van der Waals surface area (Å²) < 4.78 is 6.75. The zero-order chi connectivity index (χ0) is 25.1. The lowest BCUT2D eigenvalue weighted by molar-refractivity contribution is 0.591. The minimum atomic E-state index is -0.184. The van der Waals surface area contributed by atoms with E-state index >= 15 is 0 Å². The van der Waals surface area contributed by atoms with E-state index in [1.54, 1.807) is 0 Å². The van der Waals surface area contributed by atoms with Crippen molar-refractivity contribution in [1.29, 1.82) is 0 Å². The quantitative estimate of drug-likeness (QED) is 0.352. The van der Waals surface area contributed by atoms with E-state index in [-0.39, 0.29) is 13.6 Å². The Kier molecular flexibility index (Phi) is 5.04. The Bertz CT molecular complexity index is 1640. The van der Waals surface area contributed by atoms with Gasteiger partial charge in [0.15, 0.2) is 0 Å². The van der Waals surface area contributed by atoms with Crippen LogP contribution in [0.2, 0.25) is 0 Å². The number of anilines is 3.